The van der Waals surface area contributed by atoms with E-state index < -0.39 is 0 Å². The molecule has 1 unspecified atom stereocenters. The number of nitrogens with one attached hydrogen (secondary N) is 1. The van der Waals surface area contributed by atoms with Crippen LogP contribution in [0.2, 0.25) is 0 Å². The Morgan fingerprint density at radius 3 is 2.79 bits per heavy atom. The molecule has 1 atom stereocenters. The van der Waals surface area contributed by atoms with E-state index in [1.807, 2.05) is 34.8 Å². The normalized spacial score (nSPS) is 17.1. The van der Waals surface area contributed by atoms with Crippen molar-refractivity contribution in [2.24, 2.45) is 5.92 Å². The molecule has 7 nitrogen and oxygen atoms in total. The van der Waals surface area contributed by atoms with Crippen LogP contribution in [0.4, 0.5) is 5.82 Å². The molecule has 7 heteroatoms. The Balaban J connectivity index is 1.39. The number of hydrogen-bond acceptors (Lipinski definition) is 5. The first-order valence-electron chi connectivity index (χ1n) is 10.4. The summed E-state index contributed by atoms with van der Waals surface area (Å²) < 4.78 is 1.82. The minimum absolute atomic E-state index is 0.0116. The number of amides is 1. The standard InChI is InChI=1S/C22H28N6O/c1-16(2)21-25-24-19-10-11-20(26-28(19)21)27-14-6-9-18(15-27)22(29)23-13-12-17-7-4-3-5-8-17/h3-5,7-8,10-11,16,18H,6,9,12-15H2,1-2H3,(H,23,29). The van der Waals surface area contributed by atoms with Crippen LogP contribution in [0.25, 0.3) is 5.65 Å². The second-order valence-corrected chi connectivity index (χ2v) is 7.99. The number of carbonyl (C=O) groups is 1. The van der Waals surface area contributed by atoms with Crippen molar-refractivity contribution in [2.75, 3.05) is 24.5 Å². The highest BCUT2D eigenvalue weighted by Crippen LogP contribution is 2.23. The van der Waals surface area contributed by atoms with E-state index in [2.05, 4.69) is 46.4 Å². The highest BCUT2D eigenvalue weighted by molar-refractivity contribution is 5.79. The van der Waals surface area contributed by atoms with E-state index in [0.717, 1.165) is 43.1 Å². The maximum atomic E-state index is 12.7. The number of benzene rings is 1. The minimum atomic E-state index is -0.0116. The molecule has 1 aromatic carbocycles. The summed E-state index contributed by atoms with van der Waals surface area (Å²) in [5.41, 5.74) is 2.00. The first-order chi connectivity index (χ1) is 14.1. The maximum Gasteiger partial charge on any atom is 0.224 e. The molecule has 0 bridgehead atoms. The van der Waals surface area contributed by atoms with Crippen LogP contribution in [0.1, 0.15) is 44.0 Å². The van der Waals surface area contributed by atoms with Crippen LogP contribution < -0.4 is 10.2 Å². The van der Waals surface area contributed by atoms with Crippen molar-refractivity contribution in [3.05, 3.63) is 53.9 Å². The number of fused-ring (bicyclic) bond motifs is 1. The van der Waals surface area contributed by atoms with Crippen molar-refractivity contribution in [1.82, 2.24) is 25.1 Å². The molecule has 0 aliphatic carbocycles. The van der Waals surface area contributed by atoms with Gasteiger partial charge in [0.15, 0.2) is 11.5 Å². The number of piperidine rings is 1. The van der Waals surface area contributed by atoms with Gasteiger partial charge in [0.1, 0.15) is 5.82 Å². The Bertz CT molecular complexity index is 968. The van der Waals surface area contributed by atoms with Crippen molar-refractivity contribution in [2.45, 2.75) is 39.0 Å². The second-order valence-electron chi connectivity index (χ2n) is 7.99. The summed E-state index contributed by atoms with van der Waals surface area (Å²) in [6, 6.07) is 14.2. The molecule has 1 amide bonds. The highest BCUT2D eigenvalue weighted by Gasteiger charge is 2.27. The molecule has 0 saturated carbocycles. The predicted molar refractivity (Wildman–Crippen MR) is 113 cm³/mol. The lowest BCUT2D eigenvalue weighted by atomic mass is 9.97. The van der Waals surface area contributed by atoms with Crippen LogP contribution in [-0.4, -0.2) is 45.4 Å². The zero-order valence-corrected chi connectivity index (χ0v) is 17.1. The summed E-state index contributed by atoms with van der Waals surface area (Å²) in [6.07, 6.45) is 2.75. The van der Waals surface area contributed by atoms with Gasteiger partial charge in [0.05, 0.1) is 5.92 Å². The molecule has 1 N–H and O–H groups in total. The molecule has 1 aliphatic heterocycles. The molecule has 2 aromatic heterocycles. The zero-order chi connectivity index (χ0) is 20.2. The van der Waals surface area contributed by atoms with Crippen LogP contribution in [0, 0.1) is 5.92 Å². The topological polar surface area (TPSA) is 75.4 Å². The molecule has 3 heterocycles. The SMILES string of the molecule is CC(C)c1nnc2ccc(N3CCCC(C(=O)NCCc4ccccc4)C3)nn12. The summed E-state index contributed by atoms with van der Waals surface area (Å²) in [5.74, 6) is 2.11. The molecule has 3 aromatic rings. The number of hydrogen-bond donors (Lipinski definition) is 1. The average Bonchev–Trinajstić information content (AvgIpc) is 3.18. The van der Waals surface area contributed by atoms with Crippen molar-refractivity contribution >= 4 is 17.4 Å². The van der Waals surface area contributed by atoms with E-state index in [0.29, 0.717) is 13.1 Å². The van der Waals surface area contributed by atoms with Gasteiger partial charge in [-0.1, -0.05) is 44.2 Å². The predicted octanol–water partition coefficient (Wildman–Crippen LogP) is 2.82. The summed E-state index contributed by atoms with van der Waals surface area (Å²) in [4.78, 5) is 14.9. The van der Waals surface area contributed by atoms with E-state index in [-0.39, 0.29) is 17.7 Å². The summed E-state index contributed by atoms with van der Waals surface area (Å²) in [6.45, 7) is 6.44. The Morgan fingerprint density at radius 1 is 1.17 bits per heavy atom. The average molecular weight is 393 g/mol. The Hall–Kier alpha value is -2.96. The second kappa shape index (κ2) is 8.59. The Kier molecular flexibility index (Phi) is 5.74. The third-order valence-electron chi connectivity index (χ3n) is 5.46. The fourth-order valence-corrected chi connectivity index (χ4v) is 3.84. The third-order valence-corrected chi connectivity index (χ3v) is 5.46. The molecule has 1 fully saturated rings. The fourth-order valence-electron chi connectivity index (χ4n) is 3.84. The van der Waals surface area contributed by atoms with Crippen molar-refractivity contribution in [3.63, 3.8) is 0 Å². The van der Waals surface area contributed by atoms with Gasteiger partial charge in [-0.15, -0.1) is 15.3 Å². The third kappa shape index (κ3) is 4.39. The molecule has 4 rings (SSSR count). The lowest BCUT2D eigenvalue weighted by molar-refractivity contribution is -0.125. The highest BCUT2D eigenvalue weighted by atomic mass is 16.1. The van der Waals surface area contributed by atoms with Gasteiger partial charge in [-0.2, -0.15) is 4.52 Å². The van der Waals surface area contributed by atoms with Gasteiger partial charge in [-0.05, 0) is 37.0 Å². The first-order valence-corrected chi connectivity index (χ1v) is 10.4. The van der Waals surface area contributed by atoms with Gasteiger partial charge in [-0.25, -0.2) is 0 Å². The smallest absolute Gasteiger partial charge is 0.224 e. The minimum Gasteiger partial charge on any atom is -0.355 e. The zero-order valence-electron chi connectivity index (χ0n) is 17.1. The number of nitrogens with zero attached hydrogens (tertiary/aromatic N) is 5. The molecule has 152 valence electrons. The lowest BCUT2D eigenvalue weighted by Crippen LogP contribution is -2.44. The fraction of sp³-hybridized carbons (Fsp3) is 0.455. The van der Waals surface area contributed by atoms with E-state index in [1.165, 1.54) is 5.56 Å². The van der Waals surface area contributed by atoms with Crippen molar-refractivity contribution < 1.29 is 4.79 Å². The number of anilines is 1. The molecule has 29 heavy (non-hydrogen) atoms. The number of aromatic nitrogens is 4. The van der Waals surface area contributed by atoms with Crippen LogP contribution in [0.5, 0.6) is 0 Å². The molecule has 1 saturated heterocycles. The van der Waals surface area contributed by atoms with Crippen molar-refractivity contribution in [3.8, 4) is 0 Å². The van der Waals surface area contributed by atoms with Gasteiger partial charge in [0, 0.05) is 25.6 Å². The summed E-state index contributed by atoms with van der Waals surface area (Å²) >= 11 is 0. The van der Waals surface area contributed by atoms with E-state index in [4.69, 9.17) is 5.10 Å². The number of rotatable bonds is 6. The number of carbonyl (C=O) groups excluding carboxylic acids is 1. The summed E-state index contributed by atoms with van der Waals surface area (Å²) in [5, 5.41) is 16.3. The van der Waals surface area contributed by atoms with Crippen LogP contribution in [0.3, 0.4) is 0 Å². The van der Waals surface area contributed by atoms with E-state index in [1.54, 1.807) is 0 Å². The molecule has 0 spiro atoms. The van der Waals surface area contributed by atoms with E-state index in [9.17, 15) is 4.79 Å². The largest absolute Gasteiger partial charge is 0.355 e. The maximum absolute atomic E-state index is 12.7. The van der Waals surface area contributed by atoms with Crippen LogP contribution in [-0.2, 0) is 11.2 Å². The van der Waals surface area contributed by atoms with Gasteiger partial charge < -0.3 is 10.2 Å². The van der Waals surface area contributed by atoms with Crippen LogP contribution >= 0.6 is 0 Å². The molecular formula is C22H28N6O. The Labute approximate surface area is 171 Å². The van der Waals surface area contributed by atoms with E-state index >= 15 is 0 Å². The quantitative estimate of drug-likeness (QED) is 0.698. The first kappa shape index (κ1) is 19.4. The molecule has 0 radical (unpaired) electrons. The lowest BCUT2D eigenvalue weighted by Gasteiger charge is -2.32. The van der Waals surface area contributed by atoms with Gasteiger partial charge in [0.2, 0.25) is 5.91 Å². The molecular weight excluding hydrogens is 364 g/mol. The summed E-state index contributed by atoms with van der Waals surface area (Å²) in [7, 11) is 0. The van der Waals surface area contributed by atoms with Gasteiger partial charge in [0.25, 0.3) is 0 Å². The van der Waals surface area contributed by atoms with Gasteiger partial charge in [-0.3, -0.25) is 4.79 Å². The van der Waals surface area contributed by atoms with Gasteiger partial charge >= 0.3 is 0 Å². The monoisotopic (exact) mass is 392 g/mol. The van der Waals surface area contributed by atoms with Crippen molar-refractivity contribution in [1.29, 1.82) is 0 Å². The van der Waals surface area contributed by atoms with Crippen LogP contribution in [0.15, 0.2) is 42.5 Å². The molecule has 1 aliphatic rings. The Morgan fingerprint density at radius 2 is 2.00 bits per heavy atom.